The highest BCUT2D eigenvalue weighted by Gasteiger charge is 2.18. The van der Waals surface area contributed by atoms with Crippen LogP contribution in [-0.2, 0) is 0 Å². The third-order valence-electron chi connectivity index (χ3n) is 8.60. The second-order valence-electron chi connectivity index (χ2n) is 11.1. The quantitative estimate of drug-likeness (QED) is 0.207. The molecular weight excluding hydrogens is 520 g/mol. The number of para-hydroxylation sites is 2. The molecule has 0 atom stereocenters. The zero-order chi connectivity index (χ0) is 28.8. The minimum Gasteiger partial charge on any atom is -0.345 e. The molecule has 0 saturated heterocycles. The van der Waals surface area contributed by atoms with Crippen molar-refractivity contribution >= 4 is 44.0 Å². The molecule has 1 heterocycles. The second-order valence-corrected chi connectivity index (χ2v) is 11.1. The van der Waals surface area contributed by atoms with Crippen LogP contribution in [0.3, 0.4) is 0 Å². The maximum atomic E-state index is 2.45. The van der Waals surface area contributed by atoms with Crippen molar-refractivity contribution in [2.45, 2.75) is 0 Å². The van der Waals surface area contributed by atoms with E-state index in [2.05, 4.69) is 180 Å². The first-order valence-electron chi connectivity index (χ1n) is 14.8. The number of hydrogen-bond donors (Lipinski definition) is 0. The van der Waals surface area contributed by atoms with Gasteiger partial charge in [0.25, 0.3) is 0 Å². The van der Waals surface area contributed by atoms with Gasteiger partial charge in [0.1, 0.15) is 0 Å². The minimum atomic E-state index is 1.16. The molecule has 0 N–H and O–H groups in total. The molecule has 2 heteroatoms. The van der Waals surface area contributed by atoms with Gasteiger partial charge in [0.15, 0.2) is 0 Å². The van der Waals surface area contributed by atoms with Gasteiger partial charge in [-0.3, -0.25) is 0 Å². The van der Waals surface area contributed by atoms with E-state index in [0.717, 1.165) is 11.4 Å². The van der Waals surface area contributed by atoms with Gasteiger partial charge in [-0.2, -0.15) is 0 Å². The largest absolute Gasteiger partial charge is 0.345 e. The molecule has 8 rings (SSSR count). The fourth-order valence-electron chi connectivity index (χ4n) is 6.35. The van der Waals surface area contributed by atoms with Crippen LogP contribution in [0.5, 0.6) is 0 Å². The lowest BCUT2D eigenvalue weighted by molar-refractivity contribution is 1.18. The number of aromatic nitrogens is 1. The Bertz CT molecular complexity index is 2210. The summed E-state index contributed by atoms with van der Waals surface area (Å²) in [6, 6.07) is 59.1. The molecule has 2 nitrogen and oxygen atoms in total. The molecule has 0 amide bonds. The minimum absolute atomic E-state index is 1.16. The highest BCUT2D eigenvalue weighted by molar-refractivity contribution is 6.17. The van der Waals surface area contributed by atoms with Gasteiger partial charge in [0.2, 0.25) is 0 Å². The predicted octanol–water partition coefficient (Wildman–Crippen LogP) is 11.0. The zero-order valence-electron chi connectivity index (χ0n) is 24.0. The summed E-state index contributed by atoms with van der Waals surface area (Å²) in [5, 5.41) is 5.03. The Balaban J connectivity index is 1.33. The Morgan fingerprint density at radius 2 is 1.02 bits per heavy atom. The molecule has 8 aromatic rings. The molecule has 1 aromatic heterocycles. The first kappa shape index (κ1) is 25.1. The van der Waals surface area contributed by atoms with Gasteiger partial charge in [0, 0.05) is 40.4 Å². The molecule has 0 spiro atoms. The molecule has 0 saturated carbocycles. The van der Waals surface area contributed by atoms with Gasteiger partial charge in [-0.1, -0.05) is 115 Å². The van der Waals surface area contributed by atoms with E-state index in [1.807, 2.05) is 0 Å². The van der Waals surface area contributed by atoms with Gasteiger partial charge in [-0.25, -0.2) is 0 Å². The maximum absolute atomic E-state index is 2.45. The molecule has 7 aromatic carbocycles. The fourth-order valence-corrected chi connectivity index (χ4v) is 6.35. The number of benzene rings is 7. The average Bonchev–Trinajstić information content (AvgIpc) is 3.41. The van der Waals surface area contributed by atoms with E-state index in [1.165, 1.54) is 60.5 Å². The standard InChI is InChI=1S/C41H30N2/c1-42(34-15-6-3-7-16-34)35-23-21-31(22-24-35)37-17-10-18-38-39-27-32-13-8-9-14-33(32)28-40(39)43(41(37)38)36-25-19-30(20-26-36)29-11-4-2-5-12-29/h2-28H,1H3. The molecule has 43 heavy (non-hydrogen) atoms. The van der Waals surface area contributed by atoms with Crippen LogP contribution >= 0.6 is 0 Å². The Morgan fingerprint density at radius 3 is 1.74 bits per heavy atom. The molecule has 0 aliphatic heterocycles. The maximum Gasteiger partial charge on any atom is 0.0619 e. The van der Waals surface area contributed by atoms with E-state index in [-0.39, 0.29) is 0 Å². The van der Waals surface area contributed by atoms with Crippen LogP contribution in [0.25, 0.3) is 60.5 Å². The summed E-state index contributed by atoms with van der Waals surface area (Å²) in [5.41, 5.74) is 10.8. The fraction of sp³-hybridized carbons (Fsp3) is 0.0244. The number of nitrogens with zero attached hydrogens (tertiary/aromatic N) is 2. The summed E-state index contributed by atoms with van der Waals surface area (Å²) >= 11 is 0. The number of hydrogen-bond acceptors (Lipinski definition) is 1. The van der Waals surface area contributed by atoms with Crippen molar-refractivity contribution in [3.05, 3.63) is 164 Å². The van der Waals surface area contributed by atoms with Gasteiger partial charge in [-0.05, 0) is 76.0 Å². The monoisotopic (exact) mass is 550 g/mol. The first-order chi connectivity index (χ1) is 21.2. The smallest absolute Gasteiger partial charge is 0.0619 e. The van der Waals surface area contributed by atoms with Crippen molar-refractivity contribution in [3.8, 4) is 27.9 Å². The lowest BCUT2D eigenvalue weighted by Gasteiger charge is -2.20. The number of anilines is 2. The topological polar surface area (TPSA) is 8.17 Å². The highest BCUT2D eigenvalue weighted by atomic mass is 15.1. The molecular formula is C41H30N2. The summed E-state index contributed by atoms with van der Waals surface area (Å²) < 4.78 is 2.45. The normalized spacial score (nSPS) is 11.4. The average molecular weight is 551 g/mol. The lowest BCUT2D eigenvalue weighted by atomic mass is 10.0. The van der Waals surface area contributed by atoms with Gasteiger partial charge in [0.05, 0.1) is 11.0 Å². The summed E-state index contributed by atoms with van der Waals surface area (Å²) in [4.78, 5) is 2.22. The summed E-state index contributed by atoms with van der Waals surface area (Å²) in [7, 11) is 2.12. The SMILES string of the molecule is CN(c1ccccc1)c1ccc(-c2cccc3c4cc5ccccc5cc4n(-c4ccc(-c5ccccc5)cc4)c23)cc1. The number of fused-ring (bicyclic) bond motifs is 4. The van der Waals surface area contributed by atoms with Crippen molar-refractivity contribution in [3.63, 3.8) is 0 Å². The number of rotatable bonds is 5. The van der Waals surface area contributed by atoms with Crippen molar-refractivity contribution in [1.82, 2.24) is 4.57 Å². The van der Waals surface area contributed by atoms with E-state index in [1.54, 1.807) is 0 Å². The van der Waals surface area contributed by atoms with Gasteiger partial charge >= 0.3 is 0 Å². The zero-order valence-corrected chi connectivity index (χ0v) is 24.0. The Hall–Kier alpha value is -5.60. The molecule has 0 fully saturated rings. The van der Waals surface area contributed by atoms with Gasteiger partial charge < -0.3 is 9.47 Å². The predicted molar refractivity (Wildman–Crippen MR) is 184 cm³/mol. The third kappa shape index (κ3) is 4.36. The lowest BCUT2D eigenvalue weighted by Crippen LogP contribution is -2.08. The molecule has 0 bridgehead atoms. The molecule has 0 aliphatic rings. The van der Waals surface area contributed by atoms with Crippen LogP contribution < -0.4 is 4.90 Å². The van der Waals surface area contributed by atoms with Crippen molar-refractivity contribution in [2.24, 2.45) is 0 Å². The van der Waals surface area contributed by atoms with E-state index in [4.69, 9.17) is 0 Å². The van der Waals surface area contributed by atoms with E-state index >= 15 is 0 Å². The van der Waals surface area contributed by atoms with Crippen LogP contribution in [-0.4, -0.2) is 11.6 Å². The van der Waals surface area contributed by atoms with Crippen LogP contribution in [0.2, 0.25) is 0 Å². The second kappa shape index (κ2) is 10.3. The summed E-state index contributed by atoms with van der Waals surface area (Å²) in [6.07, 6.45) is 0. The van der Waals surface area contributed by atoms with Crippen LogP contribution in [0.15, 0.2) is 164 Å². The van der Waals surface area contributed by atoms with Crippen molar-refractivity contribution in [2.75, 3.05) is 11.9 Å². The van der Waals surface area contributed by atoms with Gasteiger partial charge in [-0.15, -0.1) is 0 Å². The first-order valence-corrected chi connectivity index (χ1v) is 14.8. The highest BCUT2D eigenvalue weighted by Crippen LogP contribution is 2.40. The Kier molecular flexibility index (Phi) is 6.05. The van der Waals surface area contributed by atoms with E-state index in [0.29, 0.717) is 0 Å². The molecule has 0 radical (unpaired) electrons. The summed E-state index contributed by atoms with van der Waals surface area (Å²) in [6.45, 7) is 0. The van der Waals surface area contributed by atoms with Crippen LogP contribution in [0.4, 0.5) is 11.4 Å². The Morgan fingerprint density at radius 1 is 0.442 bits per heavy atom. The van der Waals surface area contributed by atoms with E-state index in [9.17, 15) is 0 Å². The van der Waals surface area contributed by atoms with Crippen molar-refractivity contribution < 1.29 is 0 Å². The molecule has 204 valence electrons. The van der Waals surface area contributed by atoms with E-state index < -0.39 is 0 Å². The third-order valence-corrected chi connectivity index (χ3v) is 8.60. The van der Waals surface area contributed by atoms with Crippen molar-refractivity contribution in [1.29, 1.82) is 0 Å². The van der Waals surface area contributed by atoms with Crippen LogP contribution in [0, 0.1) is 0 Å². The Labute approximate surface area is 251 Å². The van der Waals surface area contributed by atoms with Crippen LogP contribution in [0.1, 0.15) is 0 Å². The summed E-state index contributed by atoms with van der Waals surface area (Å²) in [5.74, 6) is 0. The molecule has 0 aliphatic carbocycles. The molecule has 0 unspecified atom stereocenters.